The molecule has 5 heteroatoms. The van der Waals surface area contributed by atoms with Crippen molar-refractivity contribution in [1.29, 1.82) is 0 Å². The smallest absolute Gasteiger partial charge is 0.124 e. The number of likely N-dealkylation sites (N-methyl/N-ethyl adjacent to an activating group) is 1. The van der Waals surface area contributed by atoms with Crippen LogP contribution in [0.5, 0.6) is 0 Å². The summed E-state index contributed by atoms with van der Waals surface area (Å²) in [6.07, 6.45) is 0.956. The monoisotopic (exact) mass is 303 g/mol. The Morgan fingerprint density at radius 2 is 2.42 bits per heavy atom. The van der Waals surface area contributed by atoms with Crippen molar-refractivity contribution in [2.45, 2.75) is 25.5 Å². The summed E-state index contributed by atoms with van der Waals surface area (Å²) in [5.41, 5.74) is 0.966. The molecule has 0 amide bonds. The Kier molecular flexibility index (Phi) is 5.95. The van der Waals surface area contributed by atoms with E-state index >= 15 is 0 Å². The van der Waals surface area contributed by atoms with Gasteiger partial charge in [-0.15, -0.1) is 0 Å². The minimum absolute atomic E-state index is 0.194. The van der Waals surface area contributed by atoms with Crippen LogP contribution >= 0.6 is 23.4 Å². The zero-order valence-electron chi connectivity index (χ0n) is 11.0. The Morgan fingerprint density at radius 1 is 1.58 bits per heavy atom. The molecule has 2 nitrogen and oxygen atoms in total. The number of benzene rings is 1. The van der Waals surface area contributed by atoms with Gasteiger partial charge in [0.25, 0.3) is 0 Å². The third kappa shape index (κ3) is 4.35. The van der Waals surface area contributed by atoms with E-state index in [0.717, 1.165) is 36.6 Å². The summed E-state index contributed by atoms with van der Waals surface area (Å²) in [5, 5.41) is 3.94. The van der Waals surface area contributed by atoms with E-state index in [1.807, 2.05) is 11.8 Å². The molecule has 0 bridgehead atoms. The lowest BCUT2D eigenvalue weighted by molar-refractivity contribution is 0.0476. The summed E-state index contributed by atoms with van der Waals surface area (Å²) in [7, 11) is 0. The summed E-state index contributed by atoms with van der Waals surface area (Å²) < 4.78 is 18.9. The highest BCUT2D eigenvalue weighted by Gasteiger charge is 2.25. The predicted octanol–water partition coefficient (Wildman–Crippen LogP) is 3.13. The molecule has 0 aliphatic carbocycles. The molecule has 1 N–H and O–H groups in total. The lowest BCUT2D eigenvalue weighted by Crippen LogP contribution is -2.46. The van der Waals surface area contributed by atoms with Crippen LogP contribution in [0.3, 0.4) is 0 Å². The number of ether oxygens (including phenoxy) is 1. The van der Waals surface area contributed by atoms with Gasteiger partial charge < -0.3 is 10.1 Å². The zero-order chi connectivity index (χ0) is 13.7. The van der Waals surface area contributed by atoms with Gasteiger partial charge in [-0.1, -0.05) is 24.6 Å². The first kappa shape index (κ1) is 15.1. The number of halogens is 2. The number of hydrogen-bond donors (Lipinski definition) is 1. The van der Waals surface area contributed by atoms with Crippen molar-refractivity contribution in [3.05, 3.63) is 34.6 Å². The molecule has 1 aromatic rings. The van der Waals surface area contributed by atoms with Gasteiger partial charge in [0.15, 0.2) is 0 Å². The average molecular weight is 304 g/mol. The van der Waals surface area contributed by atoms with Crippen molar-refractivity contribution >= 4 is 23.4 Å². The van der Waals surface area contributed by atoms with Gasteiger partial charge in [-0.25, -0.2) is 4.39 Å². The van der Waals surface area contributed by atoms with Crippen LogP contribution in [-0.4, -0.2) is 36.8 Å². The minimum atomic E-state index is -0.293. The van der Waals surface area contributed by atoms with Gasteiger partial charge in [-0.3, -0.25) is 0 Å². The van der Waals surface area contributed by atoms with Gasteiger partial charge in [-0.2, -0.15) is 11.8 Å². The molecule has 0 saturated carbocycles. The van der Waals surface area contributed by atoms with E-state index in [1.165, 1.54) is 12.1 Å². The van der Waals surface area contributed by atoms with E-state index in [4.69, 9.17) is 16.3 Å². The van der Waals surface area contributed by atoms with E-state index in [1.54, 1.807) is 6.07 Å². The molecule has 1 aromatic carbocycles. The molecule has 0 aromatic heterocycles. The summed E-state index contributed by atoms with van der Waals surface area (Å²) in [5.74, 6) is 1.77. The third-order valence-electron chi connectivity index (χ3n) is 3.21. The van der Waals surface area contributed by atoms with E-state index in [2.05, 4.69) is 12.2 Å². The molecule has 2 unspecified atom stereocenters. The maximum Gasteiger partial charge on any atom is 0.124 e. The van der Waals surface area contributed by atoms with Crippen LogP contribution < -0.4 is 5.32 Å². The van der Waals surface area contributed by atoms with E-state index in [9.17, 15) is 4.39 Å². The van der Waals surface area contributed by atoms with E-state index < -0.39 is 0 Å². The fourth-order valence-corrected chi connectivity index (χ4v) is 3.45. The maximum atomic E-state index is 13.1. The van der Waals surface area contributed by atoms with Crippen molar-refractivity contribution < 1.29 is 9.13 Å². The first-order chi connectivity index (χ1) is 9.20. The number of rotatable bonds is 5. The number of thioether (sulfide) groups is 1. The zero-order valence-corrected chi connectivity index (χ0v) is 12.6. The topological polar surface area (TPSA) is 21.3 Å². The lowest BCUT2D eigenvalue weighted by atomic mass is 10.0. The third-order valence-corrected chi connectivity index (χ3v) is 4.58. The minimum Gasteiger partial charge on any atom is -0.375 e. The Morgan fingerprint density at radius 3 is 3.05 bits per heavy atom. The van der Waals surface area contributed by atoms with Gasteiger partial charge in [0, 0.05) is 22.6 Å². The van der Waals surface area contributed by atoms with Crippen LogP contribution in [0.4, 0.5) is 4.39 Å². The molecular formula is C14H19ClFNOS. The Balaban J connectivity index is 2.06. The first-order valence-electron chi connectivity index (χ1n) is 6.57. The van der Waals surface area contributed by atoms with Crippen molar-refractivity contribution in [3.63, 3.8) is 0 Å². The van der Waals surface area contributed by atoms with Gasteiger partial charge in [0.05, 0.1) is 12.7 Å². The maximum absolute atomic E-state index is 13.1. The van der Waals surface area contributed by atoms with Crippen LogP contribution in [0, 0.1) is 5.82 Å². The SMILES string of the molecule is CCNC(Cc1ccc(F)cc1Cl)C1CSCCO1. The number of nitrogens with one attached hydrogen (secondary N) is 1. The Labute approximate surface area is 123 Å². The van der Waals surface area contributed by atoms with E-state index in [-0.39, 0.29) is 18.0 Å². The van der Waals surface area contributed by atoms with Crippen LogP contribution in [-0.2, 0) is 11.2 Å². The van der Waals surface area contributed by atoms with Gasteiger partial charge in [-0.05, 0) is 30.7 Å². The van der Waals surface area contributed by atoms with Crippen molar-refractivity contribution in [2.75, 3.05) is 24.7 Å². The van der Waals surface area contributed by atoms with Crippen molar-refractivity contribution in [1.82, 2.24) is 5.32 Å². The quantitative estimate of drug-likeness (QED) is 0.903. The largest absolute Gasteiger partial charge is 0.375 e. The second kappa shape index (κ2) is 7.48. The van der Waals surface area contributed by atoms with Crippen molar-refractivity contribution in [3.8, 4) is 0 Å². The van der Waals surface area contributed by atoms with Gasteiger partial charge in [0.2, 0.25) is 0 Å². The highest BCUT2D eigenvalue weighted by Crippen LogP contribution is 2.22. The highest BCUT2D eigenvalue weighted by atomic mass is 35.5. The molecule has 2 atom stereocenters. The van der Waals surface area contributed by atoms with Crippen molar-refractivity contribution in [2.24, 2.45) is 0 Å². The predicted molar refractivity (Wildman–Crippen MR) is 79.6 cm³/mol. The highest BCUT2D eigenvalue weighted by molar-refractivity contribution is 7.99. The summed E-state index contributed by atoms with van der Waals surface area (Å²) in [6.45, 7) is 3.76. The van der Waals surface area contributed by atoms with Gasteiger partial charge >= 0.3 is 0 Å². The molecule has 1 aliphatic rings. The molecule has 1 saturated heterocycles. The lowest BCUT2D eigenvalue weighted by Gasteiger charge is -2.31. The summed E-state index contributed by atoms with van der Waals surface area (Å²) >= 11 is 8.02. The summed E-state index contributed by atoms with van der Waals surface area (Å²) in [6, 6.07) is 4.82. The molecule has 0 spiro atoms. The Bertz CT molecular complexity index is 412. The molecule has 0 radical (unpaired) electrons. The van der Waals surface area contributed by atoms with Crippen LogP contribution in [0.2, 0.25) is 5.02 Å². The van der Waals surface area contributed by atoms with Gasteiger partial charge in [0.1, 0.15) is 5.82 Å². The molecule has 19 heavy (non-hydrogen) atoms. The normalized spacial score (nSPS) is 21.3. The second-order valence-corrected chi connectivity index (χ2v) is 6.15. The molecule has 1 heterocycles. The molecule has 1 aliphatic heterocycles. The Hall–Kier alpha value is -0.290. The molecule has 1 fully saturated rings. The molecular weight excluding hydrogens is 285 g/mol. The van der Waals surface area contributed by atoms with Crippen LogP contribution in [0.25, 0.3) is 0 Å². The van der Waals surface area contributed by atoms with E-state index in [0.29, 0.717) is 5.02 Å². The van der Waals surface area contributed by atoms with Crippen LogP contribution in [0.1, 0.15) is 12.5 Å². The summed E-state index contributed by atoms with van der Waals surface area (Å²) in [4.78, 5) is 0. The number of hydrogen-bond acceptors (Lipinski definition) is 3. The average Bonchev–Trinajstić information content (AvgIpc) is 2.42. The van der Waals surface area contributed by atoms with Crippen LogP contribution in [0.15, 0.2) is 18.2 Å². The second-order valence-electron chi connectivity index (χ2n) is 4.59. The standard InChI is InChI=1S/C14H19ClFNOS/c1-2-17-13(14-9-19-6-5-18-14)7-10-3-4-11(16)8-12(10)15/h3-4,8,13-14,17H,2,5-7,9H2,1H3. The fraction of sp³-hybridized carbons (Fsp3) is 0.571. The molecule has 106 valence electrons. The molecule has 2 rings (SSSR count). The fourth-order valence-electron chi connectivity index (χ4n) is 2.26. The first-order valence-corrected chi connectivity index (χ1v) is 8.10.